The Morgan fingerprint density at radius 2 is 1.64 bits per heavy atom. The highest BCUT2D eigenvalue weighted by molar-refractivity contribution is 5.85. The number of benzene rings is 1. The summed E-state index contributed by atoms with van der Waals surface area (Å²) in [6.45, 7) is 12.3. The number of piperidine rings is 2. The van der Waals surface area contributed by atoms with Crippen molar-refractivity contribution in [3.8, 4) is 0 Å². The van der Waals surface area contributed by atoms with E-state index in [1.54, 1.807) is 0 Å². The van der Waals surface area contributed by atoms with Crippen LogP contribution in [-0.2, 0) is 9.59 Å². The number of hydrogen-bond acceptors (Lipinski definition) is 3. The molecule has 1 saturated carbocycles. The number of nitrogens with one attached hydrogen (secondary N) is 1. The predicted octanol–water partition coefficient (Wildman–Crippen LogP) is 5.35. The van der Waals surface area contributed by atoms with Crippen molar-refractivity contribution in [2.24, 2.45) is 17.3 Å². The molecule has 200 valence electrons. The standard InChI is InChI=1S/C30H46FN3O2/c1-5-33-18-15-25(26(21-33)22-11-13-24(31)14-12-22)27(35)34-19-16-30(17-20-34,23-9-7-6-8-10-23)28(36)32-29(2,3)4/h11-14,23,25-26H,5-10,15-21H2,1-4H3,(H,32,36)/t25?,26-/m0/s1. The molecule has 2 aliphatic heterocycles. The Morgan fingerprint density at radius 3 is 2.22 bits per heavy atom. The largest absolute Gasteiger partial charge is 0.351 e. The van der Waals surface area contributed by atoms with Gasteiger partial charge in [-0.3, -0.25) is 9.59 Å². The molecule has 1 N–H and O–H groups in total. The molecule has 1 aromatic carbocycles. The third-order valence-corrected chi connectivity index (χ3v) is 9.05. The van der Waals surface area contributed by atoms with E-state index in [0.29, 0.717) is 19.0 Å². The fourth-order valence-corrected chi connectivity index (χ4v) is 6.95. The maximum atomic E-state index is 13.9. The Kier molecular flexibility index (Phi) is 8.43. The second-order valence-electron chi connectivity index (χ2n) is 12.5. The minimum Gasteiger partial charge on any atom is -0.351 e. The first-order valence-corrected chi connectivity index (χ1v) is 14.2. The topological polar surface area (TPSA) is 52.7 Å². The summed E-state index contributed by atoms with van der Waals surface area (Å²) < 4.78 is 13.6. The van der Waals surface area contributed by atoms with Gasteiger partial charge in [0.25, 0.3) is 0 Å². The molecule has 36 heavy (non-hydrogen) atoms. The van der Waals surface area contributed by atoms with Crippen LogP contribution in [0.4, 0.5) is 4.39 Å². The number of nitrogens with zero attached hydrogens (tertiary/aromatic N) is 2. The molecule has 3 fully saturated rings. The number of likely N-dealkylation sites (N-methyl/N-ethyl adjacent to an activating group) is 1. The summed E-state index contributed by atoms with van der Waals surface area (Å²) in [4.78, 5) is 32.0. The molecule has 2 heterocycles. The van der Waals surface area contributed by atoms with Crippen molar-refractivity contribution in [1.29, 1.82) is 0 Å². The number of carbonyl (C=O) groups excluding carboxylic acids is 2. The van der Waals surface area contributed by atoms with Gasteiger partial charge in [0.2, 0.25) is 11.8 Å². The van der Waals surface area contributed by atoms with E-state index in [4.69, 9.17) is 0 Å². The summed E-state index contributed by atoms with van der Waals surface area (Å²) >= 11 is 0. The van der Waals surface area contributed by atoms with Crippen LogP contribution < -0.4 is 5.32 Å². The van der Waals surface area contributed by atoms with E-state index in [-0.39, 0.29) is 40.4 Å². The molecule has 4 rings (SSSR count). The van der Waals surface area contributed by atoms with Crippen LogP contribution in [0, 0.1) is 23.1 Å². The minimum atomic E-state index is -0.369. The van der Waals surface area contributed by atoms with Crippen LogP contribution in [0.15, 0.2) is 24.3 Å². The van der Waals surface area contributed by atoms with Gasteiger partial charge in [-0.05, 0) is 89.6 Å². The van der Waals surface area contributed by atoms with Crippen LogP contribution in [0.1, 0.15) is 90.5 Å². The van der Waals surface area contributed by atoms with Gasteiger partial charge in [-0.1, -0.05) is 38.3 Å². The summed E-state index contributed by atoms with van der Waals surface area (Å²) in [6.07, 6.45) is 8.23. The normalized spacial score (nSPS) is 26.0. The van der Waals surface area contributed by atoms with E-state index in [0.717, 1.165) is 57.3 Å². The van der Waals surface area contributed by atoms with Gasteiger partial charge in [-0.15, -0.1) is 0 Å². The lowest BCUT2D eigenvalue weighted by Crippen LogP contribution is -2.58. The number of amides is 2. The Balaban J connectivity index is 1.50. The molecule has 0 spiro atoms. The minimum absolute atomic E-state index is 0.0704. The molecule has 2 saturated heterocycles. The molecular formula is C30H46FN3O2. The first-order valence-electron chi connectivity index (χ1n) is 14.2. The molecule has 1 aliphatic carbocycles. The highest BCUT2D eigenvalue weighted by Gasteiger charge is 2.49. The maximum Gasteiger partial charge on any atom is 0.227 e. The van der Waals surface area contributed by atoms with Gasteiger partial charge in [-0.25, -0.2) is 4.39 Å². The van der Waals surface area contributed by atoms with E-state index >= 15 is 0 Å². The second-order valence-corrected chi connectivity index (χ2v) is 12.5. The molecule has 0 bridgehead atoms. The smallest absolute Gasteiger partial charge is 0.227 e. The maximum absolute atomic E-state index is 13.9. The van der Waals surface area contributed by atoms with Crippen molar-refractivity contribution in [3.05, 3.63) is 35.6 Å². The zero-order chi connectivity index (χ0) is 25.9. The quantitative estimate of drug-likeness (QED) is 0.594. The third-order valence-electron chi connectivity index (χ3n) is 9.05. The number of rotatable bonds is 5. The Morgan fingerprint density at radius 1 is 1.00 bits per heavy atom. The molecule has 2 atom stereocenters. The van der Waals surface area contributed by atoms with Gasteiger partial charge in [0, 0.05) is 37.0 Å². The molecule has 5 nitrogen and oxygen atoms in total. The average molecular weight is 500 g/mol. The summed E-state index contributed by atoms with van der Waals surface area (Å²) in [6, 6.07) is 6.71. The number of likely N-dealkylation sites (tertiary alicyclic amines) is 2. The predicted molar refractivity (Wildman–Crippen MR) is 142 cm³/mol. The van der Waals surface area contributed by atoms with E-state index < -0.39 is 0 Å². The molecule has 2 amide bonds. The summed E-state index contributed by atoms with van der Waals surface area (Å²) in [7, 11) is 0. The van der Waals surface area contributed by atoms with E-state index in [1.807, 2.05) is 17.0 Å². The lowest BCUT2D eigenvalue weighted by molar-refractivity contribution is -0.149. The van der Waals surface area contributed by atoms with E-state index in [1.165, 1.54) is 31.4 Å². The Bertz CT molecular complexity index is 896. The SMILES string of the molecule is CCN1CCC(C(=O)N2CCC(C(=O)NC(C)(C)C)(C3CCCCC3)CC2)[C@H](c2ccc(F)cc2)C1. The van der Waals surface area contributed by atoms with Gasteiger partial charge in [0.05, 0.1) is 5.41 Å². The van der Waals surface area contributed by atoms with Crippen LogP contribution in [0.5, 0.6) is 0 Å². The zero-order valence-corrected chi connectivity index (χ0v) is 22.8. The number of carbonyl (C=O) groups is 2. The fourth-order valence-electron chi connectivity index (χ4n) is 6.95. The lowest BCUT2D eigenvalue weighted by Gasteiger charge is -2.48. The van der Waals surface area contributed by atoms with Gasteiger partial charge >= 0.3 is 0 Å². The molecular weight excluding hydrogens is 453 g/mol. The highest BCUT2D eigenvalue weighted by Crippen LogP contribution is 2.47. The fraction of sp³-hybridized carbons (Fsp3) is 0.733. The summed E-state index contributed by atoms with van der Waals surface area (Å²) in [5.74, 6) is 0.548. The van der Waals surface area contributed by atoms with Crippen molar-refractivity contribution >= 4 is 11.8 Å². The monoisotopic (exact) mass is 499 g/mol. The van der Waals surface area contributed by atoms with Crippen LogP contribution in [0.3, 0.4) is 0 Å². The molecule has 3 aliphatic rings. The van der Waals surface area contributed by atoms with Gasteiger partial charge in [0.15, 0.2) is 0 Å². The van der Waals surface area contributed by atoms with Crippen molar-refractivity contribution in [1.82, 2.24) is 15.1 Å². The second kappa shape index (κ2) is 11.2. The van der Waals surface area contributed by atoms with Gasteiger partial charge in [-0.2, -0.15) is 0 Å². The zero-order valence-electron chi connectivity index (χ0n) is 22.8. The van der Waals surface area contributed by atoms with Crippen LogP contribution in [-0.4, -0.2) is 59.9 Å². The molecule has 1 unspecified atom stereocenters. The first kappa shape index (κ1) is 27.1. The summed E-state index contributed by atoms with van der Waals surface area (Å²) in [5.41, 5.74) is 0.416. The number of hydrogen-bond donors (Lipinski definition) is 1. The van der Waals surface area contributed by atoms with E-state index in [9.17, 15) is 14.0 Å². The average Bonchev–Trinajstić information content (AvgIpc) is 2.88. The van der Waals surface area contributed by atoms with Crippen molar-refractivity contribution in [2.45, 2.75) is 90.5 Å². The number of halogens is 1. The molecule has 6 heteroatoms. The van der Waals surface area contributed by atoms with Crippen molar-refractivity contribution in [3.63, 3.8) is 0 Å². The summed E-state index contributed by atoms with van der Waals surface area (Å²) in [5, 5.41) is 3.30. The van der Waals surface area contributed by atoms with E-state index in [2.05, 4.69) is 37.9 Å². The lowest BCUT2D eigenvalue weighted by atomic mass is 9.63. The van der Waals surface area contributed by atoms with Crippen LogP contribution in [0.25, 0.3) is 0 Å². The Hall–Kier alpha value is -1.95. The molecule has 0 radical (unpaired) electrons. The van der Waals surface area contributed by atoms with Crippen molar-refractivity contribution in [2.75, 3.05) is 32.7 Å². The highest BCUT2D eigenvalue weighted by atomic mass is 19.1. The first-order chi connectivity index (χ1) is 17.1. The van der Waals surface area contributed by atoms with Crippen molar-refractivity contribution < 1.29 is 14.0 Å². The van der Waals surface area contributed by atoms with Gasteiger partial charge < -0.3 is 15.1 Å². The Labute approximate surface area is 217 Å². The van der Waals surface area contributed by atoms with Crippen LogP contribution >= 0.6 is 0 Å². The van der Waals surface area contributed by atoms with Gasteiger partial charge in [0.1, 0.15) is 5.82 Å². The third kappa shape index (κ3) is 5.95. The van der Waals surface area contributed by atoms with Crippen LogP contribution in [0.2, 0.25) is 0 Å². The molecule has 0 aromatic heterocycles. The molecule has 1 aromatic rings.